The average molecular weight is 433 g/mol. The highest BCUT2D eigenvalue weighted by atomic mass is 16.6. The predicted molar refractivity (Wildman–Crippen MR) is 110 cm³/mol. The Morgan fingerprint density at radius 3 is 2.35 bits per heavy atom. The number of aryl methyl sites for hydroxylation is 1. The highest BCUT2D eigenvalue weighted by Crippen LogP contribution is 2.72. The van der Waals surface area contributed by atoms with Crippen molar-refractivity contribution in [1.82, 2.24) is 0 Å². The number of carbonyl (C=O) groups is 4. The molecule has 1 amide bonds. The topological polar surface area (TPSA) is 142 Å². The van der Waals surface area contributed by atoms with Gasteiger partial charge in [-0.2, -0.15) is 0 Å². The van der Waals surface area contributed by atoms with Gasteiger partial charge in [-0.15, -0.1) is 0 Å². The van der Waals surface area contributed by atoms with E-state index in [0.717, 1.165) is 0 Å². The average Bonchev–Trinajstić information content (AvgIpc) is 3.14. The Balaban J connectivity index is 0.000000501. The molecule has 2 atom stereocenters. The van der Waals surface area contributed by atoms with Gasteiger partial charge in [0, 0.05) is 32.3 Å². The number of ether oxygens (including phenoxy) is 3. The molecule has 1 aromatic rings. The van der Waals surface area contributed by atoms with Gasteiger partial charge >= 0.3 is 18.0 Å². The number of rotatable bonds is 4. The number of Topliss-reactive ketones (excluding diaryl/α,β-unsaturated/α-hetero) is 1. The first-order chi connectivity index (χ1) is 14.4. The van der Waals surface area contributed by atoms with Gasteiger partial charge in [0.15, 0.2) is 11.5 Å². The Kier molecular flexibility index (Phi) is 6.78. The molecule has 0 heterocycles. The first-order valence-corrected chi connectivity index (χ1v) is 9.77. The fraction of sp³-hybridized carbons (Fsp3) is 0.455. The third-order valence-corrected chi connectivity index (χ3v) is 5.48. The van der Waals surface area contributed by atoms with Crippen LogP contribution >= 0.6 is 0 Å². The summed E-state index contributed by atoms with van der Waals surface area (Å²) in [4.78, 5) is 44.7. The van der Waals surface area contributed by atoms with Gasteiger partial charge in [-0.1, -0.05) is 12.6 Å². The number of phenols is 1. The number of phenolic OH excluding ortho intramolecular Hbond substituents is 1. The molecular formula is C22H27NO8. The molecule has 3 N–H and O–H groups in total. The van der Waals surface area contributed by atoms with Gasteiger partial charge in [0.05, 0.1) is 12.0 Å². The summed E-state index contributed by atoms with van der Waals surface area (Å²) in [5.74, 6) is -1.23. The van der Waals surface area contributed by atoms with Crippen LogP contribution in [0.5, 0.6) is 11.5 Å². The second kappa shape index (κ2) is 8.79. The number of aromatic hydroxyl groups is 1. The van der Waals surface area contributed by atoms with Crippen molar-refractivity contribution in [1.29, 1.82) is 0 Å². The Morgan fingerprint density at radius 1 is 1.23 bits per heavy atom. The van der Waals surface area contributed by atoms with Crippen LogP contribution in [0.3, 0.4) is 0 Å². The summed E-state index contributed by atoms with van der Waals surface area (Å²) >= 11 is 0. The minimum absolute atomic E-state index is 0.0110. The molecule has 2 aliphatic rings. The molecule has 0 saturated heterocycles. The zero-order chi connectivity index (χ0) is 23.6. The van der Waals surface area contributed by atoms with Crippen molar-refractivity contribution >= 4 is 23.8 Å². The molecule has 0 bridgehead atoms. The Hall–Kier alpha value is -3.36. The standard InChI is InChI=1S/C19H20O6.C3H7NO2/c1-10-5-6-15(24-12(3)20)17(23)16(10)18-9-14(22)7-8-19(18,11(18)2)25-13(4)21;1-2-6-3(4)5/h5-6,23H,2,7-9H2,1,3-4H3;2H2,1H3,(H2,4,5). The van der Waals surface area contributed by atoms with Crippen LogP contribution in [0.15, 0.2) is 24.3 Å². The second-order valence-electron chi connectivity index (χ2n) is 7.47. The number of ketones is 1. The maximum atomic E-state index is 12.2. The van der Waals surface area contributed by atoms with E-state index >= 15 is 0 Å². The van der Waals surface area contributed by atoms with Crippen molar-refractivity contribution in [3.8, 4) is 11.5 Å². The number of benzene rings is 1. The van der Waals surface area contributed by atoms with Crippen molar-refractivity contribution in [2.24, 2.45) is 5.73 Å². The molecule has 31 heavy (non-hydrogen) atoms. The number of nitrogens with two attached hydrogens (primary N) is 1. The molecule has 2 fully saturated rings. The Labute approximate surface area is 180 Å². The quantitative estimate of drug-likeness (QED) is 0.419. The molecule has 1 aromatic carbocycles. The zero-order valence-electron chi connectivity index (χ0n) is 18.1. The van der Waals surface area contributed by atoms with Crippen molar-refractivity contribution in [3.63, 3.8) is 0 Å². The SMILES string of the molecule is C=C1C2(OC(C)=O)CCC(=O)CC12c1c(C)ccc(OC(C)=O)c1O.CCOC(N)=O. The molecule has 0 spiro atoms. The maximum Gasteiger partial charge on any atom is 0.404 e. The summed E-state index contributed by atoms with van der Waals surface area (Å²) in [5.41, 5.74) is 4.31. The van der Waals surface area contributed by atoms with Crippen LogP contribution in [-0.4, -0.2) is 41.1 Å². The van der Waals surface area contributed by atoms with E-state index in [1.54, 1.807) is 19.9 Å². The fourth-order valence-electron chi connectivity index (χ4n) is 4.35. The lowest BCUT2D eigenvalue weighted by molar-refractivity contribution is -0.152. The van der Waals surface area contributed by atoms with Crippen molar-refractivity contribution in [2.45, 2.75) is 58.0 Å². The van der Waals surface area contributed by atoms with Gasteiger partial charge in [-0.3, -0.25) is 14.4 Å². The van der Waals surface area contributed by atoms with Crippen LogP contribution in [-0.2, 0) is 29.3 Å². The molecule has 2 unspecified atom stereocenters. The normalized spacial score (nSPS) is 23.6. The van der Waals surface area contributed by atoms with Gasteiger partial charge in [0.25, 0.3) is 0 Å². The number of hydrogen-bond acceptors (Lipinski definition) is 8. The van der Waals surface area contributed by atoms with Crippen LogP contribution in [0.4, 0.5) is 4.79 Å². The van der Waals surface area contributed by atoms with Gasteiger partial charge < -0.3 is 25.1 Å². The summed E-state index contributed by atoms with van der Waals surface area (Å²) in [7, 11) is 0. The first-order valence-electron chi connectivity index (χ1n) is 9.77. The van der Waals surface area contributed by atoms with Crippen molar-refractivity contribution < 1.29 is 38.5 Å². The van der Waals surface area contributed by atoms with E-state index in [1.807, 2.05) is 0 Å². The van der Waals surface area contributed by atoms with E-state index in [9.17, 15) is 24.3 Å². The Morgan fingerprint density at radius 2 is 1.87 bits per heavy atom. The number of esters is 2. The Bertz CT molecular complexity index is 953. The molecule has 0 aliphatic heterocycles. The number of amides is 1. The number of hydrogen-bond donors (Lipinski definition) is 2. The summed E-state index contributed by atoms with van der Waals surface area (Å²) in [6, 6.07) is 3.20. The van der Waals surface area contributed by atoms with Gasteiger partial charge in [-0.25, -0.2) is 4.79 Å². The largest absolute Gasteiger partial charge is 0.504 e. The molecule has 0 aromatic heterocycles. The monoisotopic (exact) mass is 433 g/mol. The van der Waals surface area contributed by atoms with Crippen LogP contribution < -0.4 is 10.5 Å². The fourth-order valence-corrected chi connectivity index (χ4v) is 4.35. The molecule has 3 rings (SSSR count). The second-order valence-corrected chi connectivity index (χ2v) is 7.47. The minimum Gasteiger partial charge on any atom is -0.504 e. The highest BCUT2D eigenvalue weighted by molar-refractivity contribution is 5.89. The lowest BCUT2D eigenvalue weighted by Gasteiger charge is -2.30. The van der Waals surface area contributed by atoms with E-state index in [2.05, 4.69) is 17.0 Å². The lowest BCUT2D eigenvalue weighted by Crippen LogP contribution is -2.36. The van der Waals surface area contributed by atoms with Gasteiger partial charge in [-0.05, 0) is 37.5 Å². The van der Waals surface area contributed by atoms with E-state index in [0.29, 0.717) is 29.7 Å². The molecule has 9 heteroatoms. The van der Waals surface area contributed by atoms with Crippen LogP contribution in [0.2, 0.25) is 0 Å². The number of primary amides is 1. The molecule has 2 aliphatic carbocycles. The van der Waals surface area contributed by atoms with E-state index in [1.165, 1.54) is 19.9 Å². The number of carbonyl (C=O) groups excluding carboxylic acids is 4. The third kappa shape index (κ3) is 4.26. The molecular weight excluding hydrogens is 406 g/mol. The number of fused-ring (bicyclic) bond motifs is 1. The highest BCUT2D eigenvalue weighted by Gasteiger charge is 2.78. The smallest absolute Gasteiger partial charge is 0.404 e. The van der Waals surface area contributed by atoms with Gasteiger partial charge in [0.1, 0.15) is 11.4 Å². The zero-order valence-corrected chi connectivity index (χ0v) is 18.1. The lowest BCUT2D eigenvalue weighted by atomic mass is 9.77. The van der Waals surface area contributed by atoms with Crippen molar-refractivity contribution in [2.75, 3.05) is 6.61 Å². The van der Waals surface area contributed by atoms with E-state index in [-0.39, 0.29) is 30.1 Å². The molecule has 0 radical (unpaired) electrons. The summed E-state index contributed by atoms with van der Waals surface area (Å²) in [5, 5.41) is 10.7. The maximum absolute atomic E-state index is 12.2. The minimum atomic E-state index is -0.996. The van der Waals surface area contributed by atoms with E-state index < -0.39 is 29.0 Å². The molecule has 168 valence electrons. The third-order valence-electron chi connectivity index (χ3n) is 5.48. The molecule has 2 saturated carbocycles. The molecule has 9 nitrogen and oxygen atoms in total. The summed E-state index contributed by atoms with van der Waals surface area (Å²) in [6.07, 6.45) is 0.00706. The van der Waals surface area contributed by atoms with E-state index in [4.69, 9.17) is 9.47 Å². The predicted octanol–water partition coefficient (Wildman–Crippen LogP) is 2.59. The summed E-state index contributed by atoms with van der Waals surface area (Å²) in [6.45, 7) is 10.4. The van der Waals surface area contributed by atoms with Crippen molar-refractivity contribution in [3.05, 3.63) is 35.4 Å². The van der Waals surface area contributed by atoms with Crippen LogP contribution in [0.1, 0.15) is 51.2 Å². The summed E-state index contributed by atoms with van der Waals surface area (Å²) < 4.78 is 14.8. The first kappa shape index (κ1) is 23.9. The van der Waals surface area contributed by atoms with Gasteiger partial charge in [0.2, 0.25) is 0 Å². The van der Waals surface area contributed by atoms with Crippen LogP contribution in [0, 0.1) is 6.92 Å². The van der Waals surface area contributed by atoms with Crippen LogP contribution in [0.25, 0.3) is 0 Å².